The molecule has 0 fully saturated rings. The van der Waals surface area contributed by atoms with Gasteiger partial charge in [0.05, 0.1) is 5.69 Å². The molecular weight excluding hydrogens is 150 g/mol. The number of fused-ring (bicyclic) bond motifs is 1. The number of hydrogen-bond acceptors (Lipinski definition) is 2. The predicted molar refractivity (Wildman–Crippen MR) is 48.9 cm³/mol. The first-order valence-corrected chi connectivity index (χ1v) is 3.67. The van der Waals surface area contributed by atoms with Gasteiger partial charge in [0.25, 0.3) is 0 Å². The fraction of sp³-hybridized carbons (Fsp3) is 0. The van der Waals surface area contributed by atoms with E-state index in [4.69, 9.17) is 5.73 Å². The Balaban J connectivity index is 2.91. The molecule has 0 unspecified atom stereocenters. The number of aromatic hydroxyl groups is 1. The third kappa shape index (κ3) is 0.889. The van der Waals surface area contributed by atoms with Crippen molar-refractivity contribution in [1.29, 1.82) is 0 Å². The summed E-state index contributed by atoms with van der Waals surface area (Å²) in [4.78, 5) is 0. The van der Waals surface area contributed by atoms with Crippen LogP contribution in [0.2, 0.25) is 0 Å². The Kier molecular flexibility index (Phi) is 1.40. The van der Waals surface area contributed by atoms with Crippen molar-refractivity contribution in [2.75, 3.05) is 5.73 Å². The molecule has 0 aromatic heterocycles. The number of benzene rings is 2. The van der Waals surface area contributed by atoms with E-state index in [2.05, 4.69) is 6.07 Å². The van der Waals surface area contributed by atoms with Gasteiger partial charge in [-0.15, -0.1) is 0 Å². The van der Waals surface area contributed by atoms with Crippen molar-refractivity contribution < 1.29 is 5.11 Å². The van der Waals surface area contributed by atoms with Crippen LogP contribution in [0, 0.1) is 6.07 Å². The minimum Gasteiger partial charge on any atom is -0.505 e. The van der Waals surface area contributed by atoms with Gasteiger partial charge in [-0.05, 0) is 11.5 Å². The van der Waals surface area contributed by atoms with Crippen LogP contribution in [0.1, 0.15) is 0 Å². The molecule has 1 radical (unpaired) electrons. The van der Waals surface area contributed by atoms with Gasteiger partial charge >= 0.3 is 0 Å². The fourth-order valence-electron chi connectivity index (χ4n) is 1.22. The molecule has 2 nitrogen and oxygen atoms in total. The van der Waals surface area contributed by atoms with Gasteiger partial charge in [0.1, 0.15) is 5.75 Å². The van der Waals surface area contributed by atoms with Gasteiger partial charge in [-0.25, -0.2) is 0 Å². The SMILES string of the molecule is Nc1c(O)[c]cc2ccccc12. The zero-order chi connectivity index (χ0) is 8.55. The highest BCUT2D eigenvalue weighted by atomic mass is 16.3. The smallest absolute Gasteiger partial charge is 0.147 e. The van der Waals surface area contributed by atoms with E-state index < -0.39 is 0 Å². The van der Waals surface area contributed by atoms with Gasteiger partial charge in [-0.3, -0.25) is 0 Å². The normalized spacial score (nSPS) is 10.3. The summed E-state index contributed by atoms with van der Waals surface area (Å²) >= 11 is 0. The Morgan fingerprint density at radius 2 is 2.00 bits per heavy atom. The Labute approximate surface area is 70.2 Å². The Bertz CT molecular complexity index is 423. The van der Waals surface area contributed by atoms with Crippen molar-refractivity contribution in [2.45, 2.75) is 0 Å². The van der Waals surface area contributed by atoms with Crippen molar-refractivity contribution in [1.82, 2.24) is 0 Å². The number of hydrogen-bond donors (Lipinski definition) is 2. The third-order valence-corrected chi connectivity index (χ3v) is 1.87. The first kappa shape index (κ1) is 6.98. The highest BCUT2D eigenvalue weighted by Crippen LogP contribution is 2.28. The van der Waals surface area contributed by atoms with Crippen LogP contribution in [-0.4, -0.2) is 5.11 Å². The molecule has 0 heterocycles. The molecule has 0 saturated carbocycles. The standard InChI is InChI=1S/C10H8NO/c11-10-8-4-2-1-3-7(8)5-6-9(10)12/h1-5,12H,11H2. The maximum absolute atomic E-state index is 9.24. The average Bonchev–Trinajstić information content (AvgIpc) is 2.12. The number of nitrogens with two attached hydrogens (primary N) is 1. The van der Waals surface area contributed by atoms with Crippen LogP contribution < -0.4 is 5.73 Å². The number of nitrogen functional groups attached to an aromatic ring is 1. The van der Waals surface area contributed by atoms with E-state index in [1.807, 2.05) is 24.3 Å². The molecular formula is C10H8NO. The Hall–Kier alpha value is -1.70. The van der Waals surface area contributed by atoms with Gasteiger partial charge in [-0.1, -0.05) is 24.3 Å². The summed E-state index contributed by atoms with van der Waals surface area (Å²) in [6.07, 6.45) is 0. The quantitative estimate of drug-likeness (QED) is 0.454. The summed E-state index contributed by atoms with van der Waals surface area (Å²) < 4.78 is 0. The summed E-state index contributed by atoms with van der Waals surface area (Å²) in [5.74, 6) is 0.0219. The molecule has 0 saturated heterocycles. The second-order valence-corrected chi connectivity index (χ2v) is 2.64. The molecule has 0 spiro atoms. The highest BCUT2D eigenvalue weighted by molar-refractivity contribution is 5.95. The summed E-state index contributed by atoms with van der Waals surface area (Å²) in [7, 11) is 0. The van der Waals surface area contributed by atoms with Crippen LogP contribution in [-0.2, 0) is 0 Å². The molecule has 0 aliphatic heterocycles. The molecule has 0 bridgehead atoms. The summed E-state index contributed by atoms with van der Waals surface area (Å²) in [6, 6.07) is 12.0. The van der Waals surface area contributed by atoms with E-state index in [1.54, 1.807) is 6.07 Å². The van der Waals surface area contributed by atoms with Gasteiger partial charge in [0, 0.05) is 11.5 Å². The Morgan fingerprint density at radius 1 is 1.25 bits per heavy atom. The number of phenolic OH excluding ortho intramolecular Hbond substituents is 1. The largest absolute Gasteiger partial charge is 0.505 e. The predicted octanol–water partition coefficient (Wildman–Crippen LogP) is 1.93. The lowest BCUT2D eigenvalue weighted by Gasteiger charge is -2.02. The molecule has 3 N–H and O–H groups in total. The van der Waals surface area contributed by atoms with Crippen LogP contribution in [0.4, 0.5) is 5.69 Å². The molecule has 2 aromatic rings. The van der Waals surface area contributed by atoms with Gasteiger partial charge < -0.3 is 10.8 Å². The molecule has 0 atom stereocenters. The van der Waals surface area contributed by atoms with Crippen LogP contribution in [0.25, 0.3) is 10.8 Å². The van der Waals surface area contributed by atoms with Crippen molar-refractivity contribution in [3.63, 3.8) is 0 Å². The van der Waals surface area contributed by atoms with Gasteiger partial charge in [0.15, 0.2) is 0 Å². The van der Waals surface area contributed by atoms with E-state index in [-0.39, 0.29) is 5.75 Å². The van der Waals surface area contributed by atoms with Gasteiger partial charge in [0.2, 0.25) is 0 Å². The zero-order valence-corrected chi connectivity index (χ0v) is 6.41. The van der Waals surface area contributed by atoms with E-state index in [9.17, 15) is 5.11 Å². The summed E-state index contributed by atoms with van der Waals surface area (Å²) in [5, 5.41) is 11.1. The molecule has 59 valence electrons. The summed E-state index contributed by atoms with van der Waals surface area (Å²) in [6.45, 7) is 0. The average molecular weight is 158 g/mol. The highest BCUT2D eigenvalue weighted by Gasteiger charge is 2.00. The molecule has 2 heteroatoms. The molecule has 0 aliphatic carbocycles. The minimum absolute atomic E-state index is 0.0219. The number of anilines is 1. The zero-order valence-electron chi connectivity index (χ0n) is 6.41. The third-order valence-electron chi connectivity index (χ3n) is 1.87. The van der Waals surface area contributed by atoms with E-state index in [0.29, 0.717) is 5.69 Å². The second kappa shape index (κ2) is 2.41. The van der Waals surface area contributed by atoms with Crippen LogP contribution in [0.5, 0.6) is 5.75 Å². The number of phenols is 1. The van der Waals surface area contributed by atoms with Crippen LogP contribution >= 0.6 is 0 Å². The minimum atomic E-state index is 0.0219. The van der Waals surface area contributed by atoms with E-state index in [0.717, 1.165) is 10.8 Å². The first-order chi connectivity index (χ1) is 5.79. The molecule has 12 heavy (non-hydrogen) atoms. The topological polar surface area (TPSA) is 46.2 Å². The summed E-state index contributed by atoms with van der Waals surface area (Å²) in [5.41, 5.74) is 6.03. The van der Waals surface area contributed by atoms with Crippen LogP contribution in [0.3, 0.4) is 0 Å². The van der Waals surface area contributed by atoms with Gasteiger partial charge in [-0.2, -0.15) is 0 Å². The Morgan fingerprint density at radius 3 is 2.83 bits per heavy atom. The molecule has 0 amide bonds. The lowest BCUT2D eigenvalue weighted by molar-refractivity contribution is 0.477. The second-order valence-electron chi connectivity index (χ2n) is 2.64. The van der Waals surface area contributed by atoms with Crippen LogP contribution in [0.15, 0.2) is 30.3 Å². The van der Waals surface area contributed by atoms with Crippen molar-refractivity contribution in [3.8, 4) is 5.75 Å². The molecule has 2 aromatic carbocycles. The van der Waals surface area contributed by atoms with Crippen molar-refractivity contribution in [2.24, 2.45) is 0 Å². The fourth-order valence-corrected chi connectivity index (χ4v) is 1.22. The molecule has 0 aliphatic rings. The number of rotatable bonds is 0. The molecule has 2 rings (SSSR count). The maximum atomic E-state index is 9.24. The maximum Gasteiger partial charge on any atom is 0.147 e. The lowest BCUT2D eigenvalue weighted by atomic mass is 10.1. The monoisotopic (exact) mass is 158 g/mol. The van der Waals surface area contributed by atoms with E-state index >= 15 is 0 Å². The van der Waals surface area contributed by atoms with Crippen molar-refractivity contribution in [3.05, 3.63) is 36.4 Å². The van der Waals surface area contributed by atoms with E-state index in [1.165, 1.54) is 0 Å². The van der Waals surface area contributed by atoms with Crippen molar-refractivity contribution >= 4 is 16.5 Å². The lowest BCUT2D eigenvalue weighted by Crippen LogP contribution is -1.87. The first-order valence-electron chi connectivity index (χ1n) is 3.67.